The number of rotatable bonds is 7. The highest BCUT2D eigenvalue weighted by atomic mass is 32.1. The van der Waals surface area contributed by atoms with Crippen LogP contribution in [0.2, 0.25) is 0 Å². The van der Waals surface area contributed by atoms with Gasteiger partial charge in [-0.1, -0.05) is 29.8 Å². The summed E-state index contributed by atoms with van der Waals surface area (Å²) >= 11 is 1.99. The Labute approximate surface area is 202 Å². The van der Waals surface area contributed by atoms with Crippen LogP contribution in [0.3, 0.4) is 0 Å². The average Bonchev–Trinajstić information content (AvgIpc) is 3.23. The van der Waals surface area contributed by atoms with Gasteiger partial charge < -0.3 is 10.1 Å². The second kappa shape index (κ2) is 10.4. The highest BCUT2D eigenvalue weighted by Crippen LogP contribution is 2.46. The van der Waals surface area contributed by atoms with E-state index in [1.165, 1.54) is 67.4 Å². The molecule has 1 aromatic carbocycles. The fourth-order valence-corrected chi connectivity index (χ4v) is 7.43. The lowest BCUT2D eigenvalue weighted by atomic mass is 9.88. The van der Waals surface area contributed by atoms with Crippen LogP contribution in [0.5, 0.6) is 5.75 Å². The Morgan fingerprint density at radius 2 is 1.94 bits per heavy atom. The molecular formula is C28H36N2O2S. The molecular weight excluding hydrogens is 428 g/mol. The minimum absolute atomic E-state index is 0.0901. The summed E-state index contributed by atoms with van der Waals surface area (Å²) < 4.78 is 5.77. The molecule has 4 nitrogen and oxygen atoms in total. The van der Waals surface area contributed by atoms with E-state index in [1.807, 2.05) is 23.5 Å². The summed E-state index contributed by atoms with van der Waals surface area (Å²) in [5, 5.41) is 3.20. The van der Waals surface area contributed by atoms with Crippen LogP contribution in [0.1, 0.15) is 77.4 Å². The summed E-state index contributed by atoms with van der Waals surface area (Å²) in [6.45, 7) is 2.09. The van der Waals surface area contributed by atoms with Gasteiger partial charge in [0.2, 0.25) is 5.91 Å². The maximum atomic E-state index is 13.0. The molecule has 2 heterocycles. The van der Waals surface area contributed by atoms with Gasteiger partial charge in [0.1, 0.15) is 5.75 Å². The molecule has 5 heteroatoms. The van der Waals surface area contributed by atoms with E-state index < -0.39 is 0 Å². The average molecular weight is 465 g/mol. The maximum absolute atomic E-state index is 13.0. The fourth-order valence-electron chi connectivity index (χ4n) is 5.83. The summed E-state index contributed by atoms with van der Waals surface area (Å²) in [6, 6.07) is 8.44. The molecule has 1 atom stereocenters. The Bertz CT molecular complexity index is 1020. The van der Waals surface area contributed by atoms with Gasteiger partial charge in [-0.25, -0.2) is 0 Å². The van der Waals surface area contributed by atoms with Crippen molar-refractivity contribution in [3.8, 4) is 5.75 Å². The molecule has 2 aliphatic carbocycles. The third kappa shape index (κ3) is 4.90. The number of ether oxygens (including phenoxy) is 1. The number of carbonyl (C=O) groups is 1. The highest BCUT2D eigenvalue weighted by molar-refractivity contribution is 7.12. The van der Waals surface area contributed by atoms with Gasteiger partial charge in [-0.05, 0) is 81.4 Å². The van der Waals surface area contributed by atoms with Crippen molar-refractivity contribution in [1.29, 1.82) is 0 Å². The lowest BCUT2D eigenvalue weighted by Gasteiger charge is -2.36. The zero-order valence-electron chi connectivity index (χ0n) is 19.8. The molecule has 0 fully saturated rings. The molecule has 1 aromatic heterocycles. The van der Waals surface area contributed by atoms with Crippen molar-refractivity contribution in [2.24, 2.45) is 0 Å². The standard InChI is InChI=1S/C28H36N2O2S/c1-32-24-13-7-5-12-23(24)27-28-22(21-11-6-8-14-25(21)33-28)16-18-30(27)19-26(31)29-17-15-20-9-3-2-4-10-20/h5,7,9,12-13,27H,2-4,6,8,10-11,14-19H2,1H3,(H,29,31). The number of carbonyl (C=O) groups excluding carboxylic acids is 1. The number of nitrogens with one attached hydrogen (secondary N) is 1. The summed E-state index contributed by atoms with van der Waals surface area (Å²) in [4.78, 5) is 18.4. The van der Waals surface area contributed by atoms with E-state index in [0.29, 0.717) is 6.54 Å². The highest BCUT2D eigenvalue weighted by Gasteiger charge is 2.36. The molecule has 33 heavy (non-hydrogen) atoms. The minimum Gasteiger partial charge on any atom is -0.496 e. The number of benzene rings is 1. The quantitative estimate of drug-likeness (QED) is 0.543. The van der Waals surface area contributed by atoms with E-state index in [2.05, 4.69) is 28.4 Å². The van der Waals surface area contributed by atoms with Crippen molar-refractivity contribution < 1.29 is 9.53 Å². The molecule has 176 valence electrons. The van der Waals surface area contributed by atoms with Crippen LogP contribution >= 0.6 is 11.3 Å². The van der Waals surface area contributed by atoms with Crippen molar-refractivity contribution in [3.63, 3.8) is 0 Å². The smallest absolute Gasteiger partial charge is 0.234 e. The molecule has 0 saturated carbocycles. The van der Waals surface area contributed by atoms with Gasteiger partial charge in [-0.3, -0.25) is 9.69 Å². The lowest BCUT2D eigenvalue weighted by Crippen LogP contribution is -2.43. The number of amides is 1. The molecule has 5 rings (SSSR count). The molecule has 1 amide bonds. The normalized spacial score (nSPS) is 20.5. The zero-order valence-corrected chi connectivity index (χ0v) is 20.6. The van der Waals surface area contributed by atoms with E-state index in [1.54, 1.807) is 23.1 Å². The number of aryl methyl sites for hydroxylation is 1. The van der Waals surface area contributed by atoms with Gasteiger partial charge in [0.25, 0.3) is 0 Å². The number of methoxy groups -OCH3 is 1. The summed E-state index contributed by atoms with van der Waals surface area (Å²) in [5.41, 5.74) is 5.87. The second-order valence-electron chi connectivity index (χ2n) is 9.63. The number of fused-ring (bicyclic) bond motifs is 3. The Morgan fingerprint density at radius 1 is 1.09 bits per heavy atom. The molecule has 3 aliphatic rings. The first-order chi connectivity index (χ1) is 16.2. The Balaban J connectivity index is 1.36. The van der Waals surface area contributed by atoms with Crippen LogP contribution in [0, 0.1) is 0 Å². The molecule has 0 radical (unpaired) electrons. The van der Waals surface area contributed by atoms with Gasteiger partial charge in [0.05, 0.1) is 19.7 Å². The van der Waals surface area contributed by atoms with Crippen LogP contribution in [0.25, 0.3) is 0 Å². The molecule has 1 aliphatic heterocycles. The molecule has 1 N–H and O–H groups in total. The van der Waals surface area contributed by atoms with Gasteiger partial charge in [0.15, 0.2) is 0 Å². The van der Waals surface area contributed by atoms with Crippen molar-refractivity contribution in [2.45, 2.75) is 70.3 Å². The molecule has 0 saturated heterocycles. The number of thiophene rings is 1. The topological polar surface area (TPSA) is 41.6 Å². The van der Waals surface area contributed by atoms with Crippen molar-refractivity contribution in [3.05, 3.63) is 62.4 Å². The molecule has 0 spiro atoms. The number of allylic oxidation sites excluding steroid dienone is 1. The van der Waals surface area contributed by atoms with Gasteiger partial charge in [0, 0.05) is 28.4 Å². The second-order valence-corrected chi connectivity index (χ2v) is 10.8. The maximum Gasteiger partial charge on any atom is 0.234 e. The zero-order chi connectivity index (χ0) is 22.6. The monoisotopic (exact) mass is 464 g/mol. The number of para-hydroxylation sites is 1. The summed E-state index contributed by atoms with van der Waals surface area (Å²) in [6.07, 6.45) is 14.4. The number of hydrogen-bond donors (Lipinski definition) is 1. The van der Waals surface area contributed by atoms with Gasteiger partial charge >= 0.3 is 0 Å². The molecule has 1 unspecified atom stereocenters. The van der Waals surface area contributed by atoms with Crippen LogP contribution in [0.4, 0.5) is 0 Å². The van der Waals surface area contributed by atoms with E-state index >= 15 is 0 Å². The van der Waals surface area contributed by atoms with Crippen LogP contribution in [-0.2, 0) is 24.1 Å². The van der Waals surface area contributed by atoms with Crippen LogP contribution in [0.15, 0.2) is 35.9 Å². The van der Waals surface area contributed by atoms with Gasteiger partial charge in [-0.15, -0.1) is 11.3 Å². The van der Waals surface area contributed by atoms with Crippen molar-refractivity contribution in [1.82, 2.24) is 10.2 Å². The SMILES string of the molecule is COc1ccccc1C1c2sc3c(c2CCN1CC(=O)NCCC1=CCCCC1)CCCC3. The van der Waals surface area contributed by atoms with Crippen molar-refractivity contribution >= 4 is 17.2 Å². The van der Waals surface area contributed by atoms with E-state index in [4.69, 9.17) is 4.74 Å². The van der Waals surface area contributed by atoms with E-state index in [0.717, 1.165) is 31.7 Å². The third-order valence-electron chi connectivity index (χ3n) is 7.51. The van der Waals surface area contributed by atoms with Crippen LogP contribution in [-0.4, -0.2) is 37.6 Å². The predicted molar refractivity (Wildman–Crippen MR) is 135 cm³/mol. The van der Waals surface area contributed by atoms with E-state index in [9.17, 15) is 4.79 Å². The van der Waals surface area contributed by atoms with Gasteiger partial charge in [-0.2, -0.15) is 0 Å². The Morgan fingerprint density at radius 3 is 2.79 bits per heavy atom. The van der Waals surface area contributed by atoms with Crippen LogP contribution < -0.4 is 10.1 Å². The van der Waals surface area contributed by atoms with Crippen molar-refractivity contribution in [2.75, 3.05) is 26.7 Å². The lowest BCUT2D eigenvalue weighted by molar-refractivity contribution is -0.122. The summed E-state index contributed by atoms with van der Waals surface area (Å²) in [5.74, 6) is 1.05. The first-order valence-electron chi connectivity index (χ1n) is 12.7. The predicted octanol–water partition coefficient (Wildman–Crippen LogP) is 5.59. The summed E-state index contributed by atoms with van der Waals surface area (Å²) in [7, 11) is 1.75. The molecule has 2 aromatic rings. The largest absolute Gasteiger partial charge is 0.496 e. The number of hydrogen-bond acceptors (Lipinski definition) is 4. The van der Waals surface area contributed by atoms with E-state index in [-0.39, 0.29) is 11.9 Å². The Hall–Kier alpha value is -2.11. The first kappa shape index (κ1) is 22.7. The fraction of sp³-hybridized carbons (Fsp3) is 0.536. The number of nitrogens with zero attached hydrogens (tertiary/aromatic N) is 1. The molecule has 0 bridgehead atoms. The Kier molecular flexibility index (Phi) is 7.17. The minimum atomic E-state index is 0.0901. The first-order valence-corrected chi connectivity index (χ1v) is 13.5. The third-order valence-corrected chi connectivity index (χ3v) is 8.89.